The summed E-state index contributed by atoms with van der Waals surface area (Å²) < 4.78 is 0. The maximum Gasteiger partial charge on any atom is 0.0540 e. The van der Waals surface area contributed by atoms with Gasteiger partial charge in [-0.15, -0.1) is 0 Å². The molecule has 0 atom stereocenters. The van der Waals surface area contributed by atoms with Gasteiger partial charge in [-0.05, 0) is 96.5 Å². The van der Waals surface area contributed by atoms with Crippen molar-refractivity contribution in [1.82, 2.24) is 0 Å². The third-order valence-corrected chi connectivity index (χ3v) is 9.66. The number of fused-ring (bicyclic) bond motifs is 4. The monoisotopic (exact) mass is 623 g/mol. The van der Waals surface area contributed by atoms with Crippen molar-refractivity contribution < 1.29 is 0 Å². The zero-order valence-electron chi connectivity index (χ0n) is 27.0. The van der Waals surface area contributed by atoms with Crippen LogP contribution in [0.4, 0.5) is 17.1 Å². The number of hydrogen-bond acceptors (Lipinski definition) is 1. The number of hydrogen-bond donors (Lipinski definition) is 0. The molecular formula is C48H33N. The molecule has 0 spiro atoms. The molecule has 230 valence electrons. The van der Waals surface area contributed by atoms with Crippen molar-refractivity contribution in [3.05, 3.63) is 200 Å². The van der Waals surface area contributed by atoms with Crippen LogP contribution in [0.15, 0.2) is 200 Å². The molecule has 49 heavy (non-hydrogen) atoms. The fourth-order valence-electron chi connectivity index (χ4n) is 7.31. The first-order chi connectivity index (χ1) is 24.3. The van der Waals surface area contributed by atoms with Crippen LogP contribution in [-0.2, 0) is 0 Å². The highest BCUT2D eigenvalue weighted by Gasteiger charge is 2.18. The van der Waals surface area contributed by atoms with E-state index < -0.39 is 0 Å². The van der Waals surface area contributed by atoms with Gasteiger partial charge in [0, 0.05) is 16.9 Å². The molecule has 0 fully saturated rings. The normalized spacial score (nSPS) is 11.3. The van der Waals surface area contributed by atoms with Gasteiger partial charge < -0.3 is 4.90 Å². The Labute approximate surface area is 287 Å². The molecule has 0 aliphatic carbocycles. The predicted octanol–water partition coefficient (Wildman–Crippen LogP) is 13.6. The summed E-state index contributed by atoms with van der Waals surface area (Å²) in [6, 6.07) is 72.4. The number of rotatable bonds is 6. The maximum absolute atomic E-state index is 2.39. The van der Waals surface area contributed by atoms with Gasteiger partial charge in [0.2, 0.25) is 0 Å². The van der Waals surface area contributed by atoms with Crippen LogP contribution in [-0.4, -0.2) is 0 Å². The molecule has 0 N–H and O–H groups in total. The predicted molar refractivity (Wildman–Crippen MR) is 210 cm³/mol. The molecule has 0 aliphatic heterocycles. The molecule has 0 unspecified atom stereocenters. The highest BCUT2D eigenvalue weighted by atomic mass is 15.1. The molecule has 0 aromatic heterocycles. The Morgan fingerprint density at radius 1 is 0.265 bits per heavy atom. The average molecular weight is 624 g/mol. The number of anilines is 3. The average Bonchev–Trinajstić information content (AvgIpc) is 3.19. The minimum absolute atomic E-state index is 1.11. The fourth-order valence-corrected chi connectivity index (χ4v) is 7.31. The smallest absolute Gasteiger partial charge is 0.0540 e. The molecule has 0 saturated carbocycles. The summed E-state index contributed by atoms with van der Waals surface area (Å²) in [4.78, 5) is 2.39. The van der Waals surface area contributed by atoms with Crippen LogP contribution in [0.2, 0.25) is 0 Å². The second-order valence-electron chi connectivity index (χ2n) is 12.5. The molecule has 0 bridgehead atoms. The minimum Gasteiger partial charge on any atom is -0.310 e. The number of benzene rings is 9. The van der Waals surface area contributed by atoms with E-state index in [9.17, 15) is 0 Å². The highest BCUT2D eigenvalue weighted by molar-refractivity contribution is 6.13. The molecule has 1 nitrogen and oxygen atoms in total. The number of nitrogens with zero attached hydrogens (tertiary/aromatic N) is 1. The van der Waals surface area contributed by atoms with E-state index in [1.807, 2.05) is 0 Å². The second kappa shape index (κ2) is 12.3. The Bertz CT molecular complexity index is 2580. The van der Waals surface area contributed by atoms with Crippen LogP contribution in [0.3, 0.4) is 0 Å². The van der Waals surface area contributed by atoms with Crippen molar-refractivity contribution in [1.29, 1.82) is 0 Å². The van der Waals surface area contributed by atoms with Gasteiger partial charge in [-0.1, -0.05) is 164 Å². The van der Waals surface area contributed by atoms with Gasteiger partial charge in [-0.2, -0.15) is 0 Å². The summed E-state index contributed by atoms with van der Waals surface area (Å²) in [6.07, 6.45) is 0. The molecule has 1 heteroatoms. The van der Waals surface area contributed by atoms with E-state index >= 15 is 0 Å². The lowest BCUT2D eigenvalue weighted by atomic mass is 9.93. The fraction of sp³-hybridized carbons (Fsp3) is 0. The Morgan fingerprint density at radius 3 is 1.49 bits per heavy atom. The second-order valence-corrected chi connectivity index (χ2v) is 12.5. The largest absolute Gasteiger partial charge is 0.310 e. The van der Waals surface area contributed by atoms with Gasteiger partial charge in [0.15, 0.2) is 0 Å². The number of para-hydroxylation sites is 1. The van der Waals surface area contributed by atoms with E-state index in [2.05, 4.69) is 205 Å². The first-order valence-electron chi connectivity index (χ1n) is 16.9. The van der Waals surface area contributed by atoms with Crippen molar-refractivity contribution in [3.63, 3.8) is 0 Å². The summed E-state index contributed by atoms with van der Waals surface area (Å²) in [5.74, 6) is 0. The quantitative estimate of drug-likeness (QED) is 0.167. The summed E-state index contributed by atoms with van der Waals surface area (Å²) in [5, 5.41) is 7.61. The molecule has 9 aromatic rings. The molecule has 0 amide bonds. The van der Waals surface area contributed by atoms with Gasteiger partial charge in [0.25, 0.3) is 0 Å². The molecular weight excluding hydrogens is 591 g/mol. The Kier molecular flexibility index (Phi) is 7.22. The molecule has 0 aliphatic rings. The van der Waals surface area contributed by atoms with E-state index in [1.165, 1.54) is 65.7 Å². The van der Waals surface area contributed by atoms with Crippen molar-refractivity contribution in [2.45, 2.75) is 0 Å². The molecule has 0 heterocycles. The first kappa shape index (κ1) is 28.8. The zero-order valence-corrected chi connectivity index (χ0v) is 27.0. The van der Waals surface area contributed by atoms with Gasteiger partial charge in [0.1, 0.15) is 0 Å². The maximum atomic E-state index is 2.39. The van der Waals surface area contributed by atoms with Crippen molar-refractivity contribution in [3.8, 4) is 33.4 Å². The lowest BCUT2D eigenvalue weighted by molar-refractivity contribution is 1.28. The van der Waals surface area contributed by atoms with Gasteiger partial charge >= 0.3 is 0 Å². The van der Waals surface area contributed by atoms with E-state index in [1.54, 1.807) is 0 Å². The standard InChI is InChI=1S/C48H33N/c1-2-13-35(14-3-1)44-20-10-11-24-48(44)49(39-29-25-36(26-30-39)42-23-12-17-34-15-4-6-18-41(34)42)40-31-27-37(28-32-40)47-33-38-16-5-7-19-43(38)45-21-8-9-22-46(45)47/h1-33H. The van der Waals surface area contributed by atoms with Crippen LogP contribution in [0.25, 0.3) is 65.7 Å². The van der Waals surface area contributed by atoms with E-state index in [0.717, 1.165) is 17.1 Å². The molecule has 9 rings (SSSR count). The zero-order chi connectivity index (χ0) is 32.6. The first-order valence-corrected chi connectivity index (χ1v) is 16.9. The third-order valence-electron chi connectivity index (χ3n) is 9.66. The SMILES string of the molecule is c1ccc(-c2ccccc2N(c2ccc(-c3cccc4ccccc34)cc2)c2ccc(-c3cc4ccccc4c4ccccc34)cc2)cc1. The summed E-state index contributed by atoms with van der Waals surface area (Å²) in [5.41, 5.74) is 10.6. The Hall–Kier alpha value is -6.44. The van der Waals surface area contributed by atoms with Gasteiger partial charge in [-0.25, -0.2) is 0 Å². The summed E-state index contributed by atoms with van der Waals surface area (Å²) in [7, 11) is 0. The van der Waals surface area contributed by atoms with Crippen LogP contribution in [0.1, 0.15) is 0 Å². The van der Waals surface area contributed by atoms with Crippen LogP contribution in [0.5, 0.6) is 0 Å². The lowest BCUT2D eigenvalue weighted by Gasteiger charge is -2.28. The Morgan fingerprint density at radius 2 is 0.755 bits per heavy atom. The van der Waals surface area contributed by atoms with E-state index in [-0.39, 0.29) is 0 Å². The van der Waals surface area contributed by atoms with Crippen molar-refractivity contribution in [2.75, 3.05) is 4.90 Å². The van der Waals surface area contributed by atoms with Crippen LogP contribution < -0.4 is 4.90 Å². The highest BCUT2D eigenvalue weighted by Crippen LogP contribution is 2.43. The summed E-state index contributed by atoms with van der Waals surface area (Å²) in [6.45, 7) is 0. The lowest BCUT2D eigenvalue weighted by Crippen LogP contribution is -2.11. The molecule has 0 radical (unpaired) electrons. The van der Waals surface area contributed by atoms with Crippen LogP contribution >= 0.6 is 0 Å². The minimum atomic E-state index is 1.11. The third kappa shape index (κ3) is 5.23. The van der Waals surface area contributed by atoms with Crippen molar-refractivity contribution >= 4 is 49.4 Å². The van der Waals surface area contributed by atoms with Gasteiger partial charge in [-0.3, -0.25) is 0 Å². The molecule has 0 saturated heterocycles. The van der Waals surface area contributed by atoms with Crippen LogP contribution in [0, 0.1) is 0 Å². The molecule has 9 aromatic carbocycles. The summed E-state index contributed by atoms with van der Waals surface area (Å²) >= 11 is 0. The topological polar surface area (TPSA) is 3.24 Å². The van der Waals surface area contributed by atoms with E-state index in [4.69, 9.17) is 0 Å². The Balaban J connectivity index is 1.18. The van der Waals surface area contributed by atoms with E-state index in [0.29, 0.717) is 0 Å². The van der Waals surface area contributed by atoms with Gasteiger partial charge in [0.05, 0.1) is 5.69 Å². The van der Waals surface area contributed by atoms with Crippen molar-refractivity contribution in [2.24, 2.45) is 0 Å².